The lowest BCUT2D eigenvalue weighted by Gasteiger charge is -2.19. The minimum atomic E-state index is -3.42. The second-order valence-electron chi connectivity index (χ2n) is 5.00. The molecule has 110 valence electrons. The Balaban J connectivity index is 2.03. The van der Waals surface area contributed by atoms with Crippen molar-refractivity contribution in [2.24, 2.45) is 0 Å². The van der Waals surface area contributed by atoms with E-state index in [9.17, 15) is 13.2 Å². The number of halogens is 1. The summed E-state index contributed by atoms with van der Waals surface area (Å²) in [5.74, 6) is -0.241. The number of sulfonamides is 1. The lowest BCUT2D eigenvalue weighted by Crippen LogP contribution is -2.40. The van der Waals surface area contributed by atoms with Crippen LogP contribution in [-0.4, -0.2) is 37.5 Å². The van der Waals surface area contributed by atoms with E-state index in [4.69, 9.17) is 0 Å². The van der Waals surface area contributed by atoms with Crippen molar-refractivity contribution in [1.29, 1.82) is 0 Å². The van der Waals surface area contributed by atoms with Crippen LogP contribution in [0.25, 0.3) is 0 Å². The van der Waals surface area contributed by atoms with E-state index in [0.717, 1.165) is 29.1 Å². The summed E-state index contributed by atoms with van der Waals surface area (Å²) in [4.78, 5) is 11.8. The Bertz CT molecular complexity index is 582. The van der Waals surface area contributed by atoms with E-state index in [1.165, 1.54) is 4.31 Å². The summed E-state index contributed by atoms with van der Waals surface area (Å²) in [6, 6.07) is 7.60. The molecule has 2 rings (SSSR count). The molecule has 1 amide bonds. The molecule has 0 atom stereocenters. The van der Waals surface area contributed by atoms with Gasteiger partial charge in [0.2, 0.25) is 15.9 Å². The Morgan fingerprint density at radius 3 is 2.45 bits per heavy atom. The highest BCUT2D eigenvalue weighted by Gasteiger charge is 2.26. The summed E-state index contributed by atoms with van der Waals surface area (Å²) in [5.41, 5.74) is 0.845. The van der Waals surface area contributed by atoms with E-state index < -0.39 is 10.0 Å². The number of benzene rings is 1. The highest BCUT2D eigenvalue weighted by Crippen LogP contribution is 2.19. The summed E-state index contributed by atoms with van der Waals surface area (Å²) in [6.45, 7) is 0.0651. The van der Waals surface area contributed by atoms with Crippen LogP contribution in [0.15, 0.2) is 28.7 Å². The molecular weight excluding hydrogens is 344 g/mol. The van der Waals surface area contributed by atoms with Crippen LogP contribution in [0, 0.1) is 0 Å². The zero-order valence-electron chi connectivity index (χ0n) is 11.2. The third-order valence-electron chi connectivity index (χ3n) is 3.00. The van der Waals surface area contributed by atoms with E-state index in [0.29, 0.717) is 0 Å². The third kappa shape index (κ3) is 4.88. The highest BCUT2D eigenvalue weighted by atomic mass is 79.9. The first-order chi connectivity index (χ1) is 9.34. The first kappa shape index (κ1) is 15.5. The van der Waals surface area contributed by atoms with Gasteiger partial charge < -0.3 is 5.32 Å². The average Bonchev–Trinajstić information content (AvgIpc) is 3.13. The van der Waals surface area contributed by atoms with E-state index in [2.05, 4.69) is 21.2 Å². The van der Waals surface area contributed by atoms with E-state index in [-0.39, 0.29) is 25.0 Å². The van der Waals surface area contributed by atoms with Gasteiger partial charge in [-0.3, -0.25) is 4.79 Å². The number of carbonyl (C=O) groups is 1. The molecule has 7 heteroatoms. The van der Waals surface area contributed by atoms with Crippen LogP contribution in [0.5, 0.6) is 0 Å². The second kappa shape index (κ2) is 6.24. The van der Waals surface area contributed by atoms with E-state index in [1.807, 2.05) is 24.3 Å². The van der Waals surface area contributed by atoms with Crippen LogP contribution in [0.2, 0.25) is 0 Å². The largest absolute Gasteiger partial charge is 0.352 e. The molecule has 0 heterocycles. The molecule has 20 heavy (non-hydrogen) atoms. The van der Waals surface area contributed by atoms with Gasteiger partial charge in [-0.2, -0.15) is 4.31 Å². The summed E-state index contributed by atoms with van der Waals surface area (Å²) < 4.78 is 25.7. The van der Waals surface area contributed by atoms with Crippen molar-refractivity contribution >= 4 is 31.9 Å². The molecular formula is C13H17BrN2O3S. The number of hydrogen-bond acceptors (Lipinski definition) is 3. The van der Waals surface area contributed by atoms with Crippen LogP contribution in [0.1, 0.15) is 18.4 Å². The minimum absolute atomic E-state index is 0.134. The Hall–Kier alpha value is -0.920. The molecule has 0 radical (unpaired) electrons. The van der Waals surface area contributed by atoms with Gasteiger partial charge in [-0.05, 0) is 30.5 Å². The van der Waals surface area contributed by atoms with Crippen molar-refractivity contribution in [3.8, 4) is 0 Å². The van der Waals surface area contributed by atoms with Crippen LogP contribution >= 0.6 is 15.9 Å². The fourth-order valence-electron chi connectivity index (χ4n) is 1.75. The zero-order chi connectivity index (χ0) is 14.8. The molecule has 5 nitrogen and oxygen atoms in total. The van der Waals surface area contributed by atoms with E-state index >= 15 is 0 Å². The maximum atomic E-state index is 11.8. The number of nitrogens with one attached hydrogen (secondary N) is 1. The molecule has 0 aliphatic heterocycles. The quantitative estimate of drug-likeness (QED) is 0.835. The summed E-state index contributed by atoms with van der Waals surface area (Å²) in [7, 11) is -3.42. The molecule has 0 bridgehead atoms. The maximum absolute atomic E-state index is 11.8. The zero-order valence-corrected chi connectivity index (χ0v) is 13.6. The minimum Gasteiger partial charge on any atom is -0.352 e. The molecule has 0 unspecified atom stereocenters. The van der Waals surface area contributed by atoms with Gasteiger partial charge in [0.1, 0.15) is 0 Å². The summed E-state index contributed by atoms with van der Waals surface area (Å²) >= 11 is 3.33. The standard InChI is InChI=1S/C13H17BrN2O3S/c1-20(18,19)16(9-13(17)15-12-6-7-12)8-10-2-4-11(14)5-3-10/h2-5,12H,6-9H2,1H3,(H,15,17). The Morgan fingerprint density at radius 1 is 1.35 bits per heavy atom. The fraction of sp³-hybridized carbons (Fsp3) is 0.462. The van der Waals surface area contributed by atoms with Crippen molar-refractivity contribution in [2.45, 2.75) is 25.4 Å². The van der Waals surface area contributed by atoms with Crippen LogP contribution in [0.4, 0.5) is 0 Å². The monoisotopic (exact) mass is 360 g/mol. The van der Waals surface area contributed by atoms with Crippen LogP contribution in [-0.2, 0) is 21.4 Å². The Kier molecular flexibility index (Phi) is 4.82. The maximum Gasteiger partial charge on any atom is 0.235 e. The highest BCUT2D eigenvalue weighted by molar-refractivity contribution is 9.10. The number of nitrogens with zero attached hydrogens (tertiary/aromatic N) is 1. The van der Waals surface area contributed by atoms with Gasteiger partial charge in [0.25, 0.3) is 0 Å². The third-order valence-corrected chi connectivity index (χ3v) is 4.73. The average molecular weight is 361 g/mol. The van der Waals surface area contributed by atoms with Crippen LogP contribution in [0.3, 0.4) is 0 Å². The predicted molar refractivity (Wildman–Crippen MR) is 80.6 cm³/mol. The smallest absolute Gasteiger partial charge is 0.235 e. The van der Waals surface area contributed by atoms with Crippen LogP contribution < -0.4 is 5.32 Å². The van der Waals surface area contributed by atoms with Gasteiger partial charge in [0, 0.05) is 17.1 Å². The Labute approximate surface area is 127 Å². The fourth-order valence-corrected chi connectivity index (χ4v) is 2.74. The predicted octanol–water partition coefficient (Wildman–Crippen LogP) is 1.49. The van der Waals surface area contributed by atoms with Crippen molar-refractivity contribution < 1.29 is 13.2 Å². The molecule has 1 aliphatic carbocycles. The summed E-state index contributed by atoms with van der Waals surface area (Å²) in [5, 5.41) is 2.80. The van der Waals surface area contributed by atoms with Crippen molar-refractivity contribution in [1.82, 2.24) is 9.62 Å². The van der Waals surface area contributed by atoms with Gasteiger partial charge >= 0.3 is 0 Å². The molecule has 1 saturated carbocycles. The molecule has 0 spiro atoms. The lowest BCUT2D eigenvalue weighted by molar-refractivity contribution is -0.121. The van der Waals surface area contributed by atoms with Gasteiger partial charge in [-0.15, -0.1) is 0 Å². The number of carbonyl (C=O) groups excluding carboxylic acids is 1. The molecule has 1 fully saturated rings. The van der Waals surface area contributed by atoms with Gasteiger partial charge in [-0.25, -0.2) is 8.42 Å². The molecule has 1 aliphatic rings. The first-order valence-corrected chi connectivity index (χ1v) is 8.97. The Morgan fingerprint density at radius 2 is 1.95 bits per heavy atom. The van der Waals surface area contributed by atoms with Crippen molar-refractivity contribution in [3.05, 3.63) is 34.3 Å². The molecule has 1 aromatic carbocycles. The van der Waals surface area contributed by atoms with Gasteiger partial charge in [0.15, 0.2) is 0 Å². The normalized spacial score (nSPS) is 15.3. The van der Waals surface area contributed by atoms with Gasteiger partial charge in [0.05, 0.1) is 12.8 Å². The number of amides is 1. The molecule has 1 aromatic rings. The van der Waals surface area contributed by atoms with Crippen molar-refractivity contribution in [2.75, 3.05) is 12.8 Å². The van der Waals surface area contributed by atoms with E-state index in [1.54, 1.807) is 0 Å². The number of rotatable bonds is 6. The molecule has 0 aromatic heterocycles. The SMILES string of the molecule is CS(=O)(=O)N(CC(=O)NC1CC1)Cc1ccc(Br)cc1. The molecule has 0 saturated heterocycles. The lowest BCUT2D eigenvalue weighted by atomic mass is 10.2. The van der Waals surface area contributed by atoms with Gasteiger partial charge in [-0.1, -0.05) is 28.1 Å². The first-order valence-electron chi connectivity index (χ1n) is 6.33. The number of hydrogen-bond donors (Lipinski definition) is 1. The van der Waals surface area contributed by atoms with Crippen molar-refractivity contribution in [3.63, 3.8) is 0 Å². The topological polar surface area (TPSA) is 66.5 Å². The molecule has 1 N–H and O–H groups in total. The second-order valence-corrected chi connectivity index (χ2v) is 7.90. The summed E-state index contributed by atoms with van der Waals surface area (Å²) in [6.07, 6.45) is 3.09.